The maximum absolute atomic E-state index is 12.8. The van der Waals surface area contributed by atoms with Crippen LogP contribution in [0.4, 0.5) is 0 Å². The number of amides is 2. The van der Waals surface area contributed by atoms with Crippen LogP contribution in [0.5, 0.6) is 0 Å². The van der Waals surface area contributed by atoms with E-state index in [1.807, 2.05) is 33.8 Å². The zero-order valence-electron chi connectivity index (χ0n) is 15.8. The number of aromatic nitrogens is 3. The number of rotatable bonds is 5. The molecule has 0 spiro atoms. The van der Waals surface area contributed by atoms with Crippen LogP contribution in [0.1, 0.15) is 37.2 Å². The minimum Gasteiger partial charge on any atom is -0.340 e. The van der Waals surface area contributed by atoms with E-state index in [-0.39, 0.29) is 23.8 Å². The van der Waals surface area contributed by atoms with Gasteiger partial charge < -0.3 is 9.80 Å². The first-order valence-corrected chi connectivity index (χ1v) is 9.48. The molecule has 3 atom stereocenters. The Hall–Kier alpha value is -2.70. The average molecular weight is 367 g/mol. The van der Waals surface area contributed by atoms with E-state index in [0.29, 0.717) is 32.0 Å². The average Bonchev–Trinajstić information content (AvgIpc) is 3.20. The molecule has 7 heteroatoms. The normalized spacial score (nSPS) is 23.6. The van der Waals surface area contributed by atoms with Gasteiger partial charge in [-0.25, -0.2) is 0 Å². The van der Waals surface area contributed by atoms with Crippen LogP contribution in [0.2, 0.25) is 0 Å². The van der Waals surface area contributed by atoms with Crippen molar-refractivity contribution in [3.63, 3.8) is 0 Å². The van der Waals surface area contributed by atoms with Crippen LogP contribution in [0.15, 0.2) is 36.7 Å². The van der Waals surface area contributed by atoms with Gasteiger partial charge in [0.25, 0.3) is 0 Å². The summed E-state index contributed by atoms with van der Waals surface area (Å²) < 4.78 is 1.91. The Morgan fingerprint density at radius 3 is 2.78 bits per heavy atom. The van der Waals surface area contributed by atoms with Crippen molar-refractivity contribution in [3.05, 3.63) is 48.0 Å². The Morgan fingerprint density at radius 1 is 1.26 bits per heavy atom. The highest BCUT2D eigenvalue weighted by molar-refractivity contribution is 5.82. The quantitative estimate of drug-likeness (QED) is 0.809. The molecular weight excluding hydrogens is 342 g/mol. The number of hydrogen-bond donors (Lipinski definition) is 0. The van der Waals surface area contributed by atoms with Gasteiger partial charge in [-0.3, -0.25) is 19.3 Å². The van der Waals surface area contributed by atoms with Crippen molar-refractivity contribution in [1.82, 2.24) is 24.6 Å². The molecule has 0 unspecified atom stereocenters. The lowest BCUT2D eigenvalue weighted by atomic mass is 10.1. The molecule has 1 saturated carbocycles. The number of carbonyl (C=O) groups excluding carboxylic acids is 2. The minimum atomic E-state index is -0.125. The number of nitrogens with zero attached hydrogens (tertiary/aromatic N) is 5. The van der Waals surface area contributed by atoms with Gasteiger partial charge in [-0.1, -0.05) is 13.0 Å². The van der Waals surface area contributed by atoms with Gasteiger partial charge in [-0.05, 0) is 30.5 Å². The molecule has 0 saturated heterocycles. The summed E-state index contributed by atoms with van der Waals surface area (Å²) in [6.45, 7) is 3.71. The van der Waals surface area contributed by atoms with E-state index >= 15 is 0 Å². The third kappa shape index (κ3) is 3.72. The van der Waals surface area contributed by atoms with Crippen molar-refractivity contribution in [3.8, 4) is 0 Å². The second kappa shape index (κ2) is 7.13. The van der Waals surface area contributed by atoms with Crippen molar-refractivity contribution in [2.24, 2.45) is 11.8 Å². The molecule has 2 amide bonds. The first-order chi connectivity index (χ1) is 13.0. The lowest BCUT2D eigenvalue weighted by Crippen LogP contribution is -2.43. The van der Waals surface area contributed by atoms with E-state index in [2.05, 4.69) is 17.0 Å². The number of hydrogen-bond acceptors (Lipinski definition) is 4. The molecule has 1 aliphatic carbocycles. The molecule has 7 nitrogen and oxygen atoms in total. The van der Waals surface area contributed by atoms with Crippen molar-refractivity contribution >= 4 is 11.8 Å². The SMILES string of the molecule is C[C@@H]1C[C@H]1C(=O)N1Cc2ccnn2[C@@H](CC(=O)N(C)Cc2ccccn2)C1. The summed E-state index contributed by atoms with van der Waals surface area (Å²) in [4.78, 5) is 33.4. The molecule has 2 aliphatic rings. The molecule has 0 aromatic carbocycles. The Labute approximate surface area is 159 Å². The second-order valence-corrected chi connectivity index (χ2v) is 7.73. The fourth-order valence-corrected chi connectivity index (χ4v) is 3.79. The highest BCUT2D eigenvalue weighted by Gasteiger charge is 2.43. The van der Waals surface area contributed by atoms with E-state index in [1.54, 1.807) is 24.3 Å². The summed E-state index contributed by atoms with van der Waals surface area (Å²) >= 11 is 0. The molecule has 27 heavy (non-hydrogen) atoms. The van der Waals surface area contributed by atoms with Gasteiger partial charge >= 0.3 is 0 Å². The minimum absolute atomic E-state index is 0.0289. The fraction of sp³-hybridized carbons (Fsp3) is 0.500. The standard InChI is InChI=1S/C20H25N5O2/c1-14-9-18(14)20(27)24-12-16-6-8-22-25(16)17(13-24)10-19(26)23(2)11-15-5-3-4-7-21-15/h3-8,14,17-18H,9-13H2,1-2H3/t14-,17+,18-/m1/s1. The van der Waals surface area contributed by atoms with Crippen LogP contribution in [-0.4, -0.2) is 50.0 Å². The van der Waals surface area contributed by atoms with Gasteiger partial charge in [0.1, 0.15) is 0 Å². The molecule has 0 N–H and O–H groups in total. The first-order valence-electron chi connectivity index (χ1n) is 9.48. The van der Waals surface area contributed by atoms with Crippen LogP contribution in [-0.2, 0) is 22.7 Å². The maximum atomic E-state index is 12.8. The van der Waals surface area contributed by atoms with Crippen molar-refractivity contribution in [1.29, 1.82) is 0 Å². The van der Waals surface area contributed by atoms with Crippen LogP contribution in [0, 0.1) is 11.8 Å². The van der Waals surface area contributed by atoms with E-state index in [0.717, 1.165) is 17.8 Å². The third-order valence-corrected chi connectivity index (χ3v) is 5.58. The Morgan fingerprint density at radius 2 is 2.07 bits per heavy atom. The van der Waals surface area contributed by atoms with Crippen molar-refractivity contribution in [2.75, 3.05) is 13.6 Å². The maximum Gasteiger partial charge on any atom is 0.226 e. The molecule has 142 valence electrons. The van der Waals surface area contributed by atoms with Crippen LogP contribution < -0.4 is 0 Å². The van der Waals surface area contributed by atoms with Gasteiger partial charge in [-0.2, -0.15) is 5.10 Å². The van der Waals surface area contributed by atoms with E-state index in [4.69, 9.17) is 0 Å². The van der Waals surface area contributed by atoms with Crippen LogP contribution in [0.25, 0.3) is 0 Å². The van der Waals surface area contributed by atoms with E-state index in [9.17, 15) is 9.59 Å². The Bertz CT molecular complexity index is 834. The molecule has 2 aromatic heterocycles. The predicted molar refractivity (Wildman–Crippen MR) is 99.3 cm³/mol. The number of pyridine rings is 1. The molecule has 1 aliphatic heterocycles. The smallest absolute Gasteiger partial charge is 0.226 e. The summed E-state index contributed by atoms with van der Waals surface area (Å²) in [6, 6.07) is 7.50. The molecule has 3 heterocycles. The third-order valence-electron chi connectivity index (χ3n) is 5.58. The molecule has 0 radical (unpaired) electrons. The monoisotopic (exact) mass is 367 g/mol. The summed E-state index contributed by atoms with van der Waals surface area (Å²) in [5.41, 5.74) is 1.85. The van der Waals surface area contributed by atoms with E-state index < -0.39 is 0 Å². The number of carbonyl (C=O) groups is 2. The summed E-state index contributed by atoms with van der Waals surface area (Å²) in [7, 11) is 1.79. The highest BCUT2D eigenvalue weighted by atomic mass is 16.2. The topological polar surface area (TPSA) is 71.3 Å². The van der Waals surface area contributed by atoms with E-state index in [1.165, 1.54) is 0 Å². The van der Waals surface area contributed by atoms with Crippen molar-refractivity contribution < 1.29 is 9.59 Å². The number of fused-ring (bicyclic) bond motifs is 1. The van der Waals surface area contributed by atoms with Crippen LogP contribution in [0.3, 0.4) is 0 Å². The van der Waals surface area contributed by atoms with Crippen LogP contribution >= 0.6 is 0 Å². The Balaban J connectivity index is 1.44. The van der Waals surface area contributed by atoms with Gasteiger partial charge in [-0.15, -0.1) is 0 Å². The largest absolute Gasteiger partial charge is 0.340 e. The van der Waals surface area contributed by atoms with Gasteiger partial charge in [0.2, 0.25) is 11.8 Å². The summed E-state index contributed by atoms with van der Waals surface area (Å²) in [5, 5.41) is 4.40. The van der Waals surface area contributed by atoms with Crippen molar-refractivity contribution in [2.45, 2.75) is 38.9 Å². The molecular formula is C20H25N5O2. The summed E-state index contributed by atoms with van der Waals surface area (Å²) in [6.07, 6.45) is 4.78. The summed E-state index contributed by atoms with van der Waals surface area (Å²) in [5.74, 6) is 0.881. The van der Waals surface area contributed by atoms with Gasteiger partial charge in [0.15, 0.2) is 0 Å². The highest BCUT2D eigenvalue weighted by Crippen LogP contribution is 2.40. The Kier molecular flexibility index (Phi) is 4.68. The van der Waals surface area contributed by atoms with Gasteiger partial charge in [0.05, 0.1) is 36.9 Å². The lowest BCUT2D eigenvalue weighted by molar-refractivity contribution is -0.137. The zero-order valence-corrected chi connectivity index (χ0v) is 15.8. The van der Waals surface area contributed by atoms with Gasteiger partial charge in [0, 0.05) is 31.9 Å². The predicted octanol–water partition coefficient (Wildman–Crippen LogP) is 1.87. The fourth-order valence-electron chi connectivity index (χ4n) is 3.79. The first kappa shape index (κ1) is 17.7. The molecule has 1 fully saturated rings. The molecule has 2 aromatic rings. The second-order valence-electron chi connectivity index (χ2n) is 7.73. The molecule has 4 rings (SSSR count). The lowest BCUT2D eigenvalue weighted by Gasteiger charge is -2.34. The molecule has 0 bridgehead atoms. The zero-order chi connectivity index (χ0) is 19.0.